The maximum Gasteiger partial charge on any atom is 0.335 e. The molecule has 0 aliphatic heterocycles. The highest BCUT2D eigenvalue weighted by molar-refractivity contribution is 6.14. The number of rotatable bonds is 2. The molecule has 1 heterocycles. The van der Waals surface area contributed by atoms with E-state index in [4.69, 9.17) is 5.11 Å². The number of carboxylic acid groups (broad SMARTS) is 1. The van der Waals surface area contributed by atoms with Crippen LogP contribution >= 0.6 is 0 Å². The number of carboxylic acids is 1. The lowest BCUT2D eigenvalue weighted by atomic mass is 10.1. The Morgan fingerprint density at radius 3 is 2.82 bits per heavy atom. The molecule has 0 aromatic carbocycles. The normalized spacial score (nSPS) is 9.55. The predicted octanol–water partition coefficient (Wildman–Crippen LogP) is 1.08. The quantitative estimate of drug-likeness (QED) is 0.645. The van der Waals surface area contributed by atoms with Gasteiger partial charge in [0.15, 0.2) is 0 Å². The minimum absolute atomic E-state index is 0.00347. The minimum Gasteiger partial charge on any atom is -0.478 e. The molecule has 0 unspecified atom stereocenters. The van der Waals surface area contributed by atoms with Gasteiger partial charge in [-0.2, -0.15) is 0 Å². The van der Waals surface area contributed by atoms with E-state index in [-0.39, 0.29) is 5.57 Å². The molecule has 58 valence electrons. The summed E-state index contributed by atoms with van der Waals surface area (Å²) in [6.07, 6.45) is 1.34. The van der Waals surface area contributed by atoms with E-state index >= 15 is 0 Å². The van der Waals surface area contributed by atoms with Crippen molar-refractivity contribution in [2.75, 3.05) is 0 Å². The molecule has 1 N–H and O–H groups in total. The van der Waals surface area contributed by atoms with Crippen molar-refractivity contribution in [3.8, 4) is 0 Å². The third kappa shape index (κ3) is 1.29. The largest absolute Gasteiger partial charge is 0.478 e. The van der Waals surface area contributed by atoms with Crippen LogP contribution < -0.4 is 0 Å². The number of aromatic nitrogens is 1. The van der Waals surface area contributed by atoms with Crippen molar-refractivity contribution >= 4 is 11.5 Å². The molecule has 11 heavy (non-hydrogen) atoms. The van der Waals surface area contributed by atoms with Gasteiger partial charge in [-0.3, -0.25) is 0 Å². The first kappa shape index (κ1) is 7.53. The Hall–Kier alpha value is -1.58. The van der Waals surface area contributed by atoms with E-state index in [1.807, 2.05) is 0 Å². The molecule has 0 spiro atoms. The third-order valence-electron chi connectivity index (χ3n) is 1.33. The Morgan fingerprint density at radius 2 is 2.45 bits per heavy atom. The Morgan fingerprint density at radius 1 is 1.82 bits per heavy atom. The average molecular weight is 153 g/mol. The second-order valence-electron chi connectivity index (χ2n) is 2.08. The molecule has 0 atom stereocenters. The van der Waals surface area contributed by atoms with E-state index in [0.717, 1.165) is 0 Å². The SMILES string of the molecule is C=C(C(=O)O)c1cnoc1C. The van der Waals surface area contributed by atoms with Gasteiger partial charge in [-0.1, -0.05) is 11.7 Å². The van der Waals surface area contributed by atoms with Crippen LogP contribution in [0, 0.1) is 6.92 Å². The summed E-state index contributed by atoms with van der Waals surface area (Å²) in [6, 6.07) is 0. The first-order chi connectivity index (χ1) is 5.13. The first-order valence-electron chi connectivity index (χ1n) is 2.96. The highest BCUT2D eigenvalue weighted by Gasteiger charge is 2.12. The number of hydrogen-bond donors (Lipinski definition) is 1. The molecule has 4 heteroatoms. The summed E-state index contributed by atoms with van der Waals surface area (Å²) in [5, 5.41) is 11.9. The fourth-order valence-corrected chi connectivity index (χ4v) is 0.704. The van der Waals surface area contributed by atoms with Crippen molar-refractivity contribution in [1.82, 2.24) is 5.16 Å². The van der Waals surface area contributed by atoms with Crippen molar-refractivity contribution in [3.05, 3.63) is 24.1 Å². The standard InChI is InChI=1S/C7H7NO3/c1-4(7(9)10)6-3-8-11-5(6)2/h3H,1H2,2H3,(H,9,10). The van der Waals surface area contributed by atoms with Gasteiger partial charge >= 0.3 is 5.97 Å². The Kier molecular flexibility index (Phi) is 1.76. The van der Waals surface area contributed by atoms with Crippen LogP contribution in [0.15, 0.2) is 17.3 Å². The average Bonchev–Trinajstić information content (AvgIpc) is 2.33. The molecular formula is C7H7NO3. The van der Waals surface area contributed by atoms with Crippen molar-refractivity contribution in [3.63, 3.8) is 0 Å². The second-order valence-corrected chi connectivity index (χ2v) is 2.08. The van der Waals surface area contributed by atoms with E-state index in [0.29, 0.717) is 11.3 Å². The van der Waals surface area contributed by atoms with Gasteiger partial charge in [0, 0.05) is 0 Å². The Bertz CT molecular complexity index is 300. The van der Waals surface area contributed by atoms with Crippen LogP contribution in [0.2, 0.25) is 0 Å². The fourth-order valence-electron chi connectivity index (χ4n) is 0.704. The smallest absolute Gasteiger partial charge is 0.335 e. The minimum atomic E-state index is -1.06. The summed E-state index contributed by atoms with van der Waals surface area (Å²) in [4.78, 5) is 10.4. The molecule has 0 saturated carbocycles. The number of aliphatic carboxylic acids is 1. The summed E-state index contributed by atoms with van der Waals surface area (Å²) in [7, 11) is 0. The van der Waals surface area contributed by atoms with Gasteiger partial charge in [0.1, 0.15) is 5.76 Å². The van der Waals surface area contributed by atoms with Crippen LogP contribution in [0.5, 0.6) is 0 Å². The van der Waals surface area contributed by atoms with E-state index in [2.05, 4.69) is 16.3 Å². The summed E-state index contributed by atoms with van der Waals surface area (Å²) in [5.74, 6) is -0.589. The third-order valence-corrected chi connectivity index (χ3v) is 1.33. The highest BCUT2D eigenvalue weighted by Crippen LogP contribution is 2.15. The van der Waals surface area contributed by atoms with Crippen LogP contribution in [-0.2, 0) is 4.79 Å². The van der Waals surface area contributed by atoms with E-state index in [1.54, 1.807) is 6.92 Å². The van der Waals surface area contributed by atoms with Gasteiger partial charge in [-0.25, -0.2) is 4.79 Å². The van der Waals surface area contributed by atoms with Crippen LogP contribution in [0.4, 0.5) is 0 Å². The van der Waals surface area contributed by atoms with Crippen molar-refractivity contribution < 1.29 is 14.4 Å². The van der Waals surface area contributed by atoms with Gasteiger partial charge < -0.3 is 9.63 Å². The lowest BCUT2D eigenvalue weighted by molar-refractivity contribution is -0.130. The molecular weight excluding hydrogens is 146 g/mol. The second kappa shape index (κ2) is 2.57. The van der Waals surface area contributed by atoms with Gasteiger partial charge in [0.05, 0.1) is 17.3 Å². The van der Waals surface area contributed by atoms with Gasteiger partial charge in [0.25, 0.3) is 0 Å². The van der Waals surface area contributed by atoms with Crippen molar-refractivity contribution in [1.29, 1.82) is 0 Å². The van der Waals surface area contributed by atoms with E-state index < -0.39 is 5.97 Å². The van der Waals surface area contributed by atoms with Crippen LogP contribution in [0.3, 0.4) is 0 Å². The lowest BCUT2D eigenvalue weighted by Crippen LogP contribution is -1.97. The molecule has 0 radical (unpaired) electrons. The van der Waals surface area contributed by atoms with Crippen LogP contribution in [0.25, 0.3) is 5.57 Å². The number of aryl methyl sites for hydroxylation is 1. The number of carbonyl (C=O) groups is 1. The monoisotopic (exact) mass is 153 g/mol. The zero-order valence-corrected chi connectivity index (χ0v) is 6.00. The molecule has 0 aliphatic carbocycles. The predicted molar refractivity (Wildman–Crippen MR) is 37.9 cm³/mol. The van der Waals surface area contributed by atoms with E-state index in [9.17, 15) is 4.79 Å². The van der Waals surface area contributed by atoms with Crippen molar-refractivity contribution in [2.24, 2.45) is 0 Å². The fraction of sp³-hybridized carbons (Fsp3) is 0.143. The number of nitrogens with zero attached hydrogens (tertiary/aromatic N) is 1. The lowest BCUT2D eigenvalue weighted by Gasteiger charge is -1.93. The Labute approximate surface area is 63.1 Å². The van der Waals surface area contributed by atoms with Gasteiger partial charge in [-0.05, 0) is 6.92 Å². The Balaban J connectivity index is 3.02. The maximum atomic E-state index is 10.4. The molecule has 0 saturated heterocycles. The molecule has 0 amide bonds. The summed E-state index contributed by atoms with van der Waals surface area (Å²) in [5.41, 5.74) is 0.446. The topological polar surface area (TPSA) is 63.3 Å². The molecule has 1 aromatic rings. The van der Waals surface area contributed by atoms with Crippen LogP contribution in [0.1, 0.15) is 11.3 Å². The molecule has 0 fully saturated rings. The summed E-state index contributed by atoms with van der Waals surface area (Å²) in [6.45, 7) is 4.99. The van der Waals surface area contributed by atoms with E-state index in [1.165, 1.54) is 6.20 Å². The first-order valence-corrected chi connectivity index (χ1v) is 2.96. The molecule has 1 aromatic heterocycles. The summed E-state index contributed by atoms with van der Waals surface area (Å²) >= 11 is 0. The molecule has 1 rings (SSSR count). The molecule has 4 nitrogen and oxygen atoms in total. The number of hydrogen-bond acceptors (Lipinski definition) is 3. The molecule has 0 bridgehead atoms. The summed E-state index contributed by atoms with van der Waals surface area (Å²) < 4.78 is 4.66. The molecule has 0 aliphatic rings. The van der Waals surface area contributed by atoms with Crippen molar-refractivity contribution in [2.45, 2.75) is 6.92 Å². The zero-order valence-electron chi connectivity index (χ0n) is 6.00. The van der Waals surface area contributed by atoms with Gasteiger partial charge in [0.2, 0.25) is 0 Å². The zero-order chi connectivity index (χ0) is 8.43. The maximum absolute atomic E-state index is 10.4. The van der Waals surface area contributed by atoms with Gasteiger partial charge in [-0.15, -0.1) is 0 Å². The van der Waals surface area contributed by atoms with Crippen LogP contribution in [-0.4, -0.2) is 16.2 Å². The highest BCUT2D eigenvalue weighted by atomic mass is 16.5.